The molecule has 0 radical (unpaired) electrons. The van der Waals surface area contributed by atoms with Gasteiger partial charge in [-0.25, -0.2) is 19.2 Å². The van der Waals surface area contributed by atoms with Crippen LogP contribution >= 0.6 is 0 Å². The number of carbonyl (C=O) groups excluding carboxylic acids is 5. The number of aliphatic hydroxyl groups is 4. The second-order valence-electron chi connectivity index (χ2n) is 24.0. The van der Waals surface area contributed by atoms with Crippen LogP contribution in [-0.4, -0.2) is 201 Å². The molecule has 1 aliphatic carbocycles. The number of nitrogens with one attached hydrogen (secondary N) is 4. The first-order valence-electron chi connectivity index (χ1n) is 25.0. The average molecular weight is 1050 g/mol. The summed E-state index contributed by atoms with van der Waals surface area (Å²) in [5.74, 6) is -1.73. The van der Waals surface area contributed by atoms with Gasteiger partial charge in [0.2, 0.25) is 5.91 Å². The maximum atomic E-state index is 14.0. The minimum Gasteiger partial charge on any atom is -0.492 e. The Bertz CT molecular complexity index is 1940. The monoisotopic (exact) mass is 1050 g/mol. The van der Waals surface area contributed by atoms with E-state index < -0.39 is 144 Å². The van der Waals surface area contributed by atoms with Crippen molar-refractivity contribution >= 4 is 30.3 Å². The fourth-order valence-electron chi connectivity index (χ4n) is 9.35. The molecular weight excluding hydrogens is 959 g/mol. The number of aliphatic hydroxyl groups excluding tert-OH is 3. The number of nitrogens with two attached hydrogens (primary N) is 1. The van der Waals surface area contributed by atoms with Crippen LogP contribution in [0.5, 0.6) is 0 Å². The van der Waals surface area contributed by atoms with Gasteiger partial charge in [0.1, 0.15) is 63.9 Å². The number of rotatable bonds is 14. The molecule has 10 N–H and O–H groups in total. The van der Waals surface area contributed by atoms with E-state index in [-0.39, 0.29) is 45.5 Å². The van der Waals surface area contributed by atoms with Gasteiger partial charge in [-0.05, 0) is 129 Å². The summed E-state index contributed by atoms with van der Waals surface area (Å²) in [7, 11) is 1.33. The Morgan fingerprint density at radius 1 is 0.849 bits per heavy atom. The van der Waals surface area contributed by atoms with Gasteiger partial charge in [-0.1, -0.05) is 0 Å². The van der Waals surface area contributed by atoms with E-state index in [9.17, 15) is 44.4 Å². The van der Waals surface area contributed by atoms with Crippen molar-refractivity contribution < 1.29 is 82.3 Å². The molecule has 73 heavy (non-hydrogen) atoms. The van der Waals surface area contributed by atoms with Gasteiger partial charge in [0.15, 0.2) is 6.29 Å². The molecule has 4 aliphatic rings. The summed E-state index contributed by atoms with van der Waals surface area (Å²) < 4.78 is 47.4. The Labute approximate surface area is 429 Å². The molecule has 3 heterocycles. The molecule has 420 valence electrons. The molecule has 3 aliphatic heterocycles. The third kappa shape index (κ3) is 17.4. The highest BCUT2D eigenvalue weighted by Crippen LogP contribution is 2.39. The first-order valence-corrected chi connectivity index (χ1v) is 25.0. The van der Waals surface area contributed by atoms with E-state index in [0.29, 0.717) is 5.76 Å². The van der Waals surface area contributed by atoms with Gasteiger partial charge in [-0.15, -0.1) is 0 Å². The molecular formula is C49H87N7O17. The van der Waals surface area contributed by atoms with Crippen LogP contribution in [-0.2, 0) is 42.7 Å². The largest absolute Gasteiger partial charge is 0.492 e. The van der Waals surface area contributed by atoms with Crippen molar-refractivity contribution in [1.29, 1.82) is 0 Å². The SMILES string of the molecule is CN(C(=O)OC(C)(C)C)[C@@H]1[C@@H](O)[C@@H](O[C@H]2[C@H](NC(=O)[C@@H](O)CCNC(=O)OC(C)(C)C)C[C@H](NC(=O)OC(C)(C)C)C([C@H]3OC(CN)=CC[C@H]3NCC3COC(C)(C)N3C(=O)OC(C)(C)C)[C@@H]2O)OC[C@]1(C)O. The molecule has 13 atom stereocenters. The van der Waals surface area contributed by atoms with Crippen LogP contribution in [0, 0.1) is 5.92 Å². The highest BCUT2D eigenvalue weighted by molar-refractivity contribution is 5.81. The number of amides is 5. The summed E-state index contributed by atoms with van der Waals surface area (Å²) in [6.07, 6.45) is -11.0. The van der Waals surface area contributed by atoms with Gasteiger partial charge in [0, 0.05) is 38.1 Å². The van der Waals surface area contributed by atoms with Crippen LogP contribution < -0.4 is 27.0 Å². The quantitative estimate of drug-likeness (QED) is 0.112. The van der Waals surface area contributed by atoms with Gasteiger partial charge in [0.25, 0.3) is 0 Å². The van der Waals surface area contributed by atoms with Crippen LogP contribution in [0.25, 0.3) is 0 Å². The molecule has 24 heteroatoms. The number of likely N-dealkylation sites (N-methyl/N-ethyl adjacent to an activating group) is 1. The van der Waals surface area contributed by atoms with Crippen molar-refractivity contribution in [3.8, 4) is 0 Å². The van der Waals surface area contributed by atoms with E-state index in [1.54, 1.807) is 103 Å². The van der Waals surface area contributed by atoms with Crippen molar-refractivity contribution in [1.82, 2.24) is 31.1 Å². The lowest BCUT2D eigenvalue weighted by molar-refractivity contribution is -0.305. The standard InChI is InChI=1S/C49H87N7O17/c1-44(2,3)70-40(61)51-20-19-31(57)38(60)53-30-21-29(54-41(62)71-45(4,5)6)32(33(58)36(30)69-39-34(59)37(49(15,65)25-66-39)55(16)42(63)72-46(7,8)9)35-28(18-17-27(22-50)68-35)52-23-26-24-67-48(13,14)56(26)43(64)73-47(10,11)12/h17,26,28-37,39,52,57-59,65H,18-25,50H2,1-16H3,(H,51,61)(H,53,60)(H,54,62)/t26?,28-,29+,30-,31+,32?,33+,34-,35+,36+,37-,39-,49+/m1/s1. The van der Waals surface area contributed by atoms with Gasteiger partial charge in [0.05, 0.1) is 44.0 Å². The zero-order valence-corrected chi connectivity index (χ0v) is 45.7. The molecule has 0 aromatic heterocycles. The van der Waals surface area contributed by atoms with Crippen LogP contribution in [0.2, 0.25) is 0 Å². The Kier molecular flexibility index (Phi) is 19.9. The number of alkyl carbamates (subject to hydrolysis) is 2. The molecule has 0 spiro atoms. The van der Waals surface area contributed by atoms with Gasteiger partial charge in [-0.3, -0.25) is 9.69 Å². The second kappa shape index (κ2) is 23.7. The van der Waals surface area contributed by atoms with E-state index in [4.69, 9.17) is 43.6 Å². The van der Waals surface area contributed by atoms with E-state index in [1.165, 1.54) is 18.9 Å². The van der Waals surface area contributed by atoms with Crippen molar-refractivity contribution in [3.05, 3.63) is 11.8 Å². The zero-order valence-electron chi connectivity index (χ0n) is 45.7. The number of ether oxygens (including phenoxy) is 8. The Hall–Kier alpha value is -4.27. The fourth-order valence-corrected chi connectivity index (χ4v) is 9.35. The lowest BCUT2D eigenvalue weighted by Gasteiger charge is -2.52. The summed E-state index contributed by atoms with van der Waals surface area (Å²) in [6.45, 7) is 24.8. The molecule has 4 rings (SSSR count). The number of hydrogen-bond donors (Lipinski definition) is 9. The molecule has 5 amide bonds. The van der Waals surface area contributed by atoms with Gasteiger partial charge >= 0.3 is 24.4 Å². The first-order chi connectivity index (χ1) is 33.3. The third-order valence-electron chi connectivity index (χ3n) is 12.3. The van der Waals surface area contributed by atoms with E-state index in [2.05, 4.69) is 21.3 Å². The molecule has 1 saturated carbocycles. The van der Waals surface area contributed by atoms with Crippen LogP contribution in [0.15, 0.2) is 11.8 Å². The summed E-state index contributed by atoms with van der Waals surface area (Å²) in [4.78, 5) is 69.6. The second-order valence-corrected chi connectivity index (χ2v) is 24.0. The zero-order chi connectivity index (χ0) is 55.4. The highest BCUT2D eigenvalue weighted by atomic mass is 16.7. The van der Waals surface area contributed by atoms with Crippen molar-refractivity contribution in [2.45, 2.75) is 224 Å². The maximum absolute atomic E-state index is 14.0. The topological polar surface area (TPSA) is 321 Å². The number of carbonyl (C=O) groups is 5. The van der Waals surface area contributed by atoms with Gasteiger partial charge < -0.3 is 90.2 Å². The van der Waals surface area contributed by atoms with Crippen LogP contribution in [0.3, 0.4) is 0 Å². The number of hydrogen-bond acceptors (Lipinski definition) is 19. The third-order valence-corrected chi connectivity index (χ3v) is 12.3. The Morgan fingerprint density at radius 2 is 1.44 bits per heavy atom. The van der Waals surface area contributed by atoms with Crippen LogP contribution in [0.4, 0.5) is 19.2 Å². The Balaban J connectivity index is 1.78. The molecule has 0 aromatic rings. The average Bonchev–Trinajstić information content (AvgIpc) is 3.52. The van der Waals surface area contributed by atoms with Gasteiger partial charge in [-0.2, -0.15) is 0 Å². The fraction of sp³-hybridized carbons (Fsp3) is 0.857. The normalized spacial score (nSPS) is 31.2. The number of nitrogens with zero attached hydrogens (tertiary/aromatic N) is 2. The maximum Gasteiger partial charge on any atom is 0.412 e. The molecule has 2 unspecified atom stereocenters. The summed E-state index contributed by atoms with van der Waals surface area (Å²) in [5, 5.41) is 59.3. The minimum atomic E-state index is -1.86. The molecule has 0 bridgehead atoms. The molecule has 2 saturated heterocycles. The predicted octanol–water partition coefficient (Wildman–Crippen LogP) is 2.07. The smallest absolute Gasteiger partial charge is 0.412 e. The van der Waals surface area contributed by atoms with E-state index in [0.717, 1.165) is 4.90 Å². The summed E-state index contributed by atoms with van der Waals surface area (Å²) in [5.41, 5.74) is -0.245. The lowest BCUT2D eigenvalue weighted by atomic mass is 9.72. The lowest BCUT2D eigenvalue weighted by Crippen LogP contribution is -2.71. The summed E-state index contributed by atoms with van der Waals surface area (Å²) in [6, 6.07) is -4.97. The van der Waals surface area contributed by atoms with Crippen LogP contribution in [0.1, 0.15) is 123 Å². The Morgan fingerprint density at radius 3 is 2.01 bits per heavy atom. The first kappa shape index (κ1) is 61.3. The summed E-state index contributed by atoms with van der Waals surface area (Å²) >= 11 is 0. The predicted molar refractivity (Wildman–Crippen MR) is 263 cm³/mol. The molecule has 0 aromatic carbocycles. The van der Waals surface area contributed by atoms with Crippen molar-refractivity contribution in [2.75, 3.05) is 39.9 Å². The molecule has 24 nitrogen and oxygen atoms in total. The molecule has 3 fully saturated rings. The minimum absolute atomic E-state index is 0.0405. The van der Waals surface area contributed by atoms with Crippen molar-refractivity contribution in [2.24, 2.45) is 11.7 Å². The highest BCUT2D eigenvalue weighted by Gasteiger charge is 2.57. The van der Waals surface area contributed by atoms with Crippen molar-refractivity contribution in [3.63, 3.8) is 0 Å². The van der Waals surface area contributed by atoms with E-state index in [1.807, 2.05) is 0 Å². The van der Waals surface area contributed by atoms with E-state index >= 15 is 0 Å².